The van der Waals surface area contributed by atoms with Gasteiger partial charge < -0.3 is 19.7 Å². The SMILES string of the molecule is C=C1[C@@]2(C)C[C@H]3[C@]4(C)[C@H](O)[C@@H]5C[C@@](C)(OC5=O)[C@H]4CC[C@]3(C)[C@@]13C(=O)O[C@H](C)[C@@]3(O)C2=O. The van der Waals surface area contributed by atoms with E-state index in [0.717, 1.165) is 0 Å². The molecule has 0 aromatic rings. The maximum Gasteiger partial charge on any atom is 0.320 e. The number of aliphatic hydroxyl groups is 2. The second-order valence-electron chi connectivity index (χ2n) is 12.3. The normalized spacial score (nSPS) is 62.3. The number of ketones is 1. The highest BCUT2D eigenvalue weighted by atomic mass is 16.6. The Morgan fingerprint density at radius 3 is 2.38 bits per heavy atom. The molecule has 0 radical (unpaired) electrons. The van der Waals surface area contributed by atoms with Gasteiger partial charge in [0.05, 0.1) is 17.4 Å². The van der Waals surface area contributed by atoms with E-state index in [1.165, 1.54) is 0 Å². The van der Waals surface area contributed by atoms with Crippen molar-refractivity contribution in [3.05, 3.63) is 12.2 Å². The van der Waals surface area contributed by atoms with E-state index in [4.69, 9.17) is 9.47 Å². The van der Waals surface area contributed by atoms with Crippen LogP contribution in [-0.4, -0.2) is 51.3 Å². The molecule has 6 aliphatic rings. The molecule has 2 aliphatic heterocycles. The van der Waals surface area contributed by atoms with Gasteiger partial charge in [0, 0.05) is 17.8 Å². The summed E-state index contributed by atoms with van der Waals surface area (Å²) in [4.78, 5) is 40.2. The van der Waals surface area contributed by atoms with Gasteiger partial charge in [0.1, 0.15) is 17.1 Å². The van der Waals surface area contributed by atoms with E-state index in [9.17, 15) is 24.6 Å². The Morgan fingerprint density at radius 1 is 1.06 bits per heavy atom. The quantitative estimate of drug-likeness (QED) is 0.434. The van der Waals surface area contributed by atoms with Crippen LogP contribution in [0.4, 0.5) is 0 Å². The van der Waals surface area contributed by atoms with Crippen LogP contribution in [-0.2, 0) is 23.9 Å². The standard InChI is InChI=1S/C25H32O7/c1-11-20(3)10-15-21(4,24(11)19(29)31-12(2)25(24,30)18(20)28)8-7-14-22(5)9-13(17(27)32-22)16(26)23(14,15)6/h12-16,26,30H,1,7-10H2,2-6H3/t12-,13+,14-,15-,16-,20-,21+,22-,23-,24+,25-/m1/s1. The van der Waals surface area contributed by atoms with Crippen molar-refractivity contribution in [2.45, 2.75) is 83.7 Å². The Hall–Kier alpha value is -1.73. The van der Waals surface area contributed by atoms with Crippen molar-refractivity contribution in [3.8, 4) is 0 Å². The zero-order valence-corrected chi connectivity index (χ0v) is 19.4. The van der Waals surface area contributed by atoms with Gasteiger partial charge in [-0.2, -0.15) is 0 Å². The Morgan fingerprint density at radius 2 is 1.72 bits per heavy atom. The number of ether oxygens (including phenoxy) is 2. The largest absolute Gasteiger partial charge is 0.459 e. The highest BCUT2D eigenvalue weighted by Crippen LogP contribution is 2.81. The summed E-state index contributed by atoms with van der Waals surface area (Å²) < 4.78 is 11.4. The van der Waals surface area contributed by atoms with Crippen LogP contribution in [0.5, 0.6) is 0 Å². The van der Waals surface area contributed by atoms with Gasteiger partial charge in [0.25, 0.3) is 0 Å². The van der Waals surface area contributed by atoms with Crippen molar-refractivity contribution < 1.29 is 34.1 Å². The summed E-state index contributed by atoms with van der Waals surface area (Å²) >= 11 is 0. The number of aliphatic hydroxyl groups excluding tert-OH is 1. The zero-order valence-electron chi connectivity index (χ0n) is 19.4. The fraction of sp³-hybridized carbons (Fsp3) is 0.800. The Kier molecular flexibility index (Phi) is 3.37. The number of carbonyl (C=O) groups is 3. The predicted molar refractivity (Wildman–Crippen MR) is 111 cm³/mol. The van der Waals surface area contributed by atoms with Gasteiger partial charge in [0.2, 0.25) is 0 Å². The number of cyclic esters (lactones) is 1. The molecule has 4 aliphatic carbocycles. The third kappa shape index (κ3) is 1.58. The lowest BCUT2D eigenvalue weighted by atomic mass is 9.34. The number of esters is 2. The molecule has 1 spiro atoms. The van der Waals surface area contributed by atoms with Crippen molar-refractivity contribution in [3.63, 3.8) is 0 Å². The van der Waals surface area contributed by atoms with E-state index < -0.39 is 62.7 Å². The van der Waals surface area contributed by atoms with E-state index in [2.05, 4.69) is 6.58 Å². The molecule has 0 aromatic carbocycles. The first-order chi connectivity index (χ1) is 14.7. The zero-order chi connectivity index (χ0) is 23.4. The van der Waals surface area contributed by atoms with Crippen molar-refractivity contribution in [2.75, 3.05) is 0 Å². The summed E-state index contributed by atoms with van der Waals surface area (Å²) in [6.07, 6.45) is 0.0602. The second-order valence-corrected chi connectivity index (χ2v) is 12.3. The lowest BCUT2D eigenvalue weighted by molar-refractivity contribution is -0.239. The summed E-state index contributed by atoms with van der Waals surface area (Å²) in [6, 6.07) is 0. The van der Waals surface area contributed by atoms with E-state index >= 15 is 0 Å². The number of hydrogen-bond acceptors (Lipinski definition) is 7. The first-order valence-corrected chi connectivity index (χ1v) is 11.8. The van der Waals surface area contributed by atoms with Gasteiger partial charge in [-0.15, -0.1) is 0 Å². The number of hydrogen-bond donors (Lipinski definition) is 2. The molecule has 6 fully saturated rings. The lowest BCUT2D eigenvalue weighted by Crippen LogP contribution is -2.70. The van der Waals surface area contributed by atoms with Gasteiger partial charge in [-0.3, -0.25) is 14.4 Å². The van der Waals surface area contributed by atoms with Crippen molar-refractivity contribution in [2.24, 2.45) is 39.4 Å². The average Bonchev–Trinajstić information content (AvgIpc) is 3.14. The molecule has 174 valence electrons. The molecular formula is C25H32O7. The van der Waals surface area contributed by atoms with Crippen LogP contribution >= 0.6 is 0 Å². The maximum atomic E-state index is 13.9. The van der Waals surface area contributed by atoms with Gasteiger partial charge >= 0.3 is 11.9 Å². The minimum absolute atomic E-state index is 0.116. The van der Waals surface area contributed by atoms with Gasteiger partial charge in [-0.05, 0) is 56.9 Å². The molecule has 11 atom stereocenters. The maximum absolute atomic E-state index is 13.9. The Bertz CT molecular complexity index is 1040. The Labute approximate surface area is 187 Å². The first kappa shape index (κ1) is 20.8. The second kappa shape index (κ2) is 5.17. The summed E-state index contributed by atoms with van der Waals surface area (Å²) in [5.41, 5.74) is -6.55. The summed E-state index contributed by atoms with van der Waals surface area (Å²) in [5, 5.41) is 23.6. The van der Waals surface area contributed by atoms with Crippen LogP contribution in [0.3, 0.4) is 0 Å². The van der Waals surface area contributed by atoms with Gasteiger partial charge in [-0.1, -0.05) is 20.4 Å². The molecule has 4 bridgehead atoms. The number of rotatable bonds is 0. The minimum atomic E-state index is -1.99. The molecule has 6 rings (SSSR count). The van der Waals surface area contributed by atoms with Crippen LogP contribution in [0, 0.1) is 39.4 Å². The highest BCUT2D eigenvalue weighted by Gasteiger charge is 2.90. The number of carbonyl (C=O) groups excluding carboxylic acids is 3. The monoisotopic (exact) mass is 444 g/mol. The van der Waals surface area contributed by atoms with Crippen molar-refractivity contribution in [1.29, 1.82) is 0 Å². The highest BCUT2D eigenvalue weighted by molar-refractivity contribution is 6.10. The number of fused-ring (bicyclic) bond motifs is 7. The van der Waals surface area contributed by atoms with E-state index in [1.54, 1.807) is 13.8 Å². The Balaban J connectivity index is 1.63. The molecule has 0 aromatic heterocycles. The van der Waals surface area contributed by atoms with E-state index in [-0.39, 0.29) is 17.8 Å². The molecule has 2 heterocycles. The van der Waals surface area contributed by atoms with Crippen LogP contribution in [0.25, 0.3) is 0 Å². The predicted octanol–water partition coefficient (Wildman–Crippen LogP) is 1.93. The fourth-order valence-electron chi connectivity index (χ4n) is 9.99. The van der Waals surface area contributed by atoms with Crippen LogP contribution in [0.1, 0.15) is 60.3 Å². The van der Waals surface area contributed by atoms with Crippen LogP contribution in [0.15, 0.2) is 12.2 Å². The minimum Gasteiger partial charge on any atom is -0.459 e. The fourth-order valence-corrected chi connectivity index (χ4v) is 9.99. The van der Waals surface area contributed by atoms with Gasteiger partial charge in [0.15, 0.2) is 11.4 Å². The molecule has 32 heavy (non-hydrogen) atoms. The summed E-state index contributed by atoms with van der Waals surface area (Å²) in [5.74, 6) is -2.42. The molecule has 2 saturated heterocycles. The average molecular weight is 445 g/mol. The first-order valence-electron chi connectivity index (χ1n) is 11.8. The summed E-state index contributed by atoms with van der Waals surface area (Å²) in [7, 11) is 0. The molecule has 0 unspecified atom stereocenters. The third-order valence-corrected chi connectivity index (χ3v) is 11.4. The molecule has 2 N–H and O–H groups in total. The third-order valence-electron chi connectivity index (χ3n) is 11.4. The van der Waals surface area contributed by atoms with Crippen LogP contribution in [0.2, 0.25) is 0 Å². The molecule has 0 amide bonds. The molecule has 7 nitrogen and oxygen atoms in total. The van der Waals surface area contributed by atoms with Crippen molar-refractivity contribution >= 4 is 17.7 Å². The van der Waals surface area contributed by atoms with Crippen LogP contribution < -0.4 is 0 Å². The molecule has 7 heteroatoms. The topological polar surface area (TPSA) is 110 Å². The molecule has 4 saturated carbocycles. The van der Waals surface area contributed by atoms with E-state index in [1.807, 2.05) is 20.8 Å². The smallest absolute Gasteiger partial charge is 0.320 e. The van der Waals surface area contributed by atoms with Gasteiger partial charge in [-0.25, -0.2) is 0 Å². The summed E-state index contributed by atoms with van der Waals surface area (Å²) in [6.45, 7) is 13.5. The van der Waals surface area contributed by atoms with E-state index in [0.29, 0.717) is 31.3 Å². The molecular weight excluding hydrogens is 412 g/mol. The lowest BCUT2D eigenvalue weighted by Gasteiger charge is -2.68. The number of Topliss-reactive ketones (excluding diaryl/α,β-unsaturated/α-hetero) is 1. The van der Waals surface area contributed by atoms with Crippen molar-refractivity contribution in [1.82, 2.24) is 0 Å².